The first-order chi connectivity index (χ1) is 9.22. The summed E-state index contributed by atoms with van der Waals surface area (Å²) in [6.07, 6.45) is 0.982. The van der Waals surface area contributed by atoms with Crippen molar-refractivity contribution in [3.8, 4) is 0 Å². The van der Waals surface area contributed by atoms with Crippen molar-refractivity contribution in [2.75, 3.05) is 33.3 Å². The Morgan fingerprint density at radius 3 is 2.74 bits per heavy atom. The Morgan fingerprint density at radius 2 is 2.05 bits per heavy atom. The number of nitrogens with zero attached hydrogens (tertiary/aromatic N) is 2. The Kier molecular flexibility index (Phi) is 4.93. The number of carbonyl (C=O) groups is 1. The van der Waals surface area contributed by atoms with Crippen molar-refractivity contribution in [2.45, 2.75) is 18.9 Å². The molecule has 0 saturated carbocycles. The molecule has 1 amide bonds. The number of aliphatic hydroxyl groups is 1. The third-order valence-electron chi connectivity index (χ3n) is 3.64. The van der Waals surface area contributed by atoms with E-state index in [1.165, 1.54) is 5.56 Å². The van der Waals surface area contributed by atoms with E-state index in [1.807, 2.05) is 23.1 Å². The highest BCUT2D eigenvalue weighted by Crippen LogP contribution is 2.25. The molecule has 2 rings (SSSR count). The molecule has 1 saturated heterocycles. The second kappa shape index (κ2) is 6.68. The minimum absolute atomic E-state index is 0.0789. The number of amides is 1. The topological polar surface area (TPSA) is 43.8 Å². The molecular formula is C15H22N2O2. The molecule has 1 fully saturated rings. The zero-order chi connectivity index (χ0) is 13.7. The van der Waals surface area contributed by atoms with Crippen LogP contribution in [0.25, 0.3) is 0 Å². The summed E-state index contributed by atoms with van der Waals surface area (Å²) in [5, 5.41) is 8.86. The molecule has 1 aromatic carbocycles. The van der Waals surface area contributed by atoms with E-state index in [-0.39, 0.29) is 18.6 Å². The van der Waals surface area contributed by atoms with Crippen molar-refractivity contribution in [2.24, 2.45) is 0 Å². The van der Waals surface area contributed by atoms with Crippen molar-refractivity contribution in [3.63, 3.8) is 0 Å². The molecule has 1 aromatic rings. The number of hydrogen-bond acceptors (Lipinski definition) is 3. The quantitative estimate of drug-likeness (QED) is 0.889. The van der Waals surface area contributed by atoms with Crippen LogP contribution in [0.3, 0.4) is 0 Å². The van der Waals surface area contributed by atoms with Crippen molar-refractivity contribution >= 4 is 5.91 Å². The molecule has 0 aliphatic carbocycles. The Balaban J connectivity index is 2.13. The van der Waals surface area contributed by atoms with E-state index in [1.54, 1.807) is 0 Å². The maximum Gasteiger partial charge on any atom is 0.223 e. The number of benzene rings is 1. The first kappa shape index (κ1) is 14.0. The fourth-order valence-electron chi connectivity index (χ4n) is 2.55. The van der Waals surface area contributed by atoms with Crippen LogP contribution >= 0.6 is 0 Å². The van der Waals surface area contributed by atoms with Gasteiger partial charge in [0.25, 0.3) is 0 Å². The van der Waals surface area contributed by atoms with Gasteiger partial charge in [0, 0.05) is 32.7 Å². The fraction of sp³-hybridized carbons (Fsp3) is 0.533. The Morgan fingerprint density at radius 1 is 1.32 bits per heavy atom. The molecule has 1 unspecified atom stereocenters. The monoisotopic (exact) mass is 262 g/mol. The molecule has 4 nitrogen and oxygen atoms in total. The first-order valence-electron chi connectivity index (χ1n) is 6.86. The van der Waals surface area contributed by atoms with Crippen molar-refractivity contribution in [1.82, 2.24) is 9.80 Å². The molecule has 1 heterocycles. The SMILES string of the molecule is CN1CCN(C(=O)CCCO)C(c2ccccc2)C1. The maximum atomic E-state index is 12.2. The zero-order valence-corrected chi connectivity index (χ0v) is 11.5. The smallest absolute Gasteiger partial charge is 0.223 e. The summed E-state index contributed by atoms with van der Waals surface area (Å²) in [7, 11) is 2.09. The lowest BCUT2D eigenvalue weighted by Crippen LogP contribution is -2.49. The standard InChI is InChI=1S/C15H22N2O2/c1-16-9-10-17(15(19)8-5-11-18)14(12-16)13-6-3-2-4-7-13/h2-4,6-7,14,18H,5,8-12H2,1H3. The van der Waals surface area contributed by atoms with E-state index < -0.39 is 0 Å². The minimum Gasteiger partial charge on any atom is -0.396 e. The van der Waals surface area contributed by atoms with Crippen molar-refractivity contribution in [3.05, 3.63) is 35.9 Å². The van der Waals surface area contributed by atoms with Gasteiger partial charge in [0.1, 0.15) is 0 Å². The van der Waals surface area contributed by atoms with E-state index in [0.29, 0.717) is 12.8 Å². The van der Waals surface area contributed by atoms with Crippen LogP contribution in [0, 0.1) is 0 Å². The van der Waals surface area contributed by atoms with Crippen LogP contribution in [0.1, 0.15) is 24.4 Å². The number of aliphatic hydroxyl groups excluding tert-OH is 1. The molecule has 19 heavy (non-hydrogen) atoms. The molecule has 1 aliphatic heterocycles. The van der Waals surface area contributed by atoms with Crippen LogP contribution < -0.4 is 0 Å². The predicted octanol–water partition coefficient (Wildman–Crippen LogP) is 1.27. The maximum absolute atomic E-state index is 12.2. The van der Waals surface area contributed by atoms with Gasteiger partial charge in [-0.05, 0) is 19.0 Å². The van der Waals surface area contributed by atoms with Gasteiger partial charge in [0.15, 0.2) is 0 Å². The Labute approximate surface area is 114 Å². The summed E-state index contributed by atoms with van der Waals surface area (Å²) >= 11 is 0. The Bertz CT molecular complexity index is 408. The molecule has 0 aromatic heterocycles. The highest BCUT2D eigenvalue weighted by atomic mass is 16.3. The van der Waals surface area contributed by atoms with Crippen LogP contribution in [0.2, 0.25) is 0 Å². The second-order valence-electron chi connectivity index (χ2n) is 5.10. The number of carbonyl (C=O) groups excluding carboxylic acids is 1. The van der Waals surface area contributed by atoms with Gasteiger partial charge in [-0.25, -0.2) is 0 Å². The zero-order valence-electron chi connectivity index (χ0n) is 11.5. The van der Waals surface area contributed by atoms with Gasteiger partial charge in [0.2, 0.25) is 5.91 Å². The van der Waals surface area contributed by atoms with E-state index in [2.05, 4.69) is 24.1 Å². The lowest BCUT2D eigenvalue weighted by Gasteiger charge is -2.40. The number of hydrogen-bond donors (Lipinski definition) is 1. The fourth-order valence-corrected chi connectivity index (χ4v) is 2.55. The summed E-state index contributed by atoms with van der Waals surface area (Å²) in [6, 6.07) is 10.3. The van der Waals surface area contributed by atoms with Crippen LogP contribution in [0.15, 0.2) is 30.3 Å². The van der Waals surface area contributed by atoms with E-state index in [4.69, 9.17) is 5.11 Å². The van der Waals surface area contributed by atoms with Crippen LogP contribution in [-0.2, 0) is 4.79 Å². The minimum atomic E-state index is 0.0789. The molecule has 1 aliphatic rings. The van der Waals surface area contributed by atoms with Gasteiger partial charge in [-0.15, -0.1) is 0 Å². The Hall–Kier alpha value is -1.39. The van der Waals surface area contributed by atoms with Gasteiger partial charge in [-0.1, -0.05) is 30.3 Å². The molecule has 4 heteroatoms. The first-order valence-corrected chi connectivity index (χ1v) is 6.86. The van der Waals surface area contributed by atoms with Gasteiger partial charge in [0.05, 0.1) is 6.04 Å². The molecular weight excluding hydrogens is 240 g/mol. The molecule has 1 N–H and O–H groups in total. The summed E-state index contributed by atoms with van der Waals surface area (Å²) < 4.78 is 0. The lowest BCUT2D eigenvalue weighted by atomic mass is 10.0. The predicted molar refractivity (Wildman–Crippen MR) is 74.7 cm³/mol. The number of rotatable bonds is 4. The third-order valence-corrected chi connectivity index (χ3v) is 3.64. The summed E-state index contributed by atoms with van der Waals surface area (Å²) in [6.45, 7) is 2.62. The lowest BCUT2D eigenvalue weighted by molar-refractivity contribution is -0.136. The van der Waals surface area contributed by atoms with Gasteiger partial charge < -0.3 is 14.9 Å². The molecule has 0 bridgehead atoms. The average Bonchev–Trinajstić information content (AvgIpc) is 2.45. The number of piperazine rings is 1. The number of likely N-dealkylation sites (N-methyl/N-ethyl adjacent to an activating group) is 1. The molecule has 0 radical (unpaired) electrons. The normalized spacial score (nSPS) is 20.5. The third kappa shape index (κ3) is 3.55. The molecule has 1 atom stereocenters. The largest absolute Gasteiger partial charge is 0.396 e. The van der Waals surface area contributed by atoms with Crippen LogP contribution in [-0.4, -0.2) is 54.1 Å². The second-order valence-corrected chi connectivity index (χ2v) is 5.10. The molecule has 104 valence electrons. The van der Waals surface area contributed by atoms with Crippen molar-refractivity contribution in [1.29, 1.82) is 0 Å². The van der Waals surface area contributed by atoms with Gasteiger partial charge in [-0.2, -0.15) is 0 Å². The highest BCUT2D eigenvalue weighted by Gasteiger charge is 2.29. The van der Waals surface area contributed by atoms with E-state index in [9.17, 15) is 4.79 Å². The van der Waals surface area contributed by atoms with Crippen LogP contribution in [0.5, 0.6) is 0 Å². The van der Waals surface area contributed by atoms with Crippen LogP contribution in [0.4, 0.5) is 0 Å². The van der Waals surface area contributed by atoms with Gasteiger partial charge >= 0.3 is 0 Å². The highest BCUT2D eigenvalue weighted by molar-refractivity contribution is 5.76. The summed E-state index contributed by atoms with van der Waals surface area (Å²) in [5.41, 5.74) is 1.19. The van der Waals surface area contributed by atoms with E-state index in [0.717, 1.165) is 19.6 Å². The van der Waals surface area contributed by atoms with Gasteiger partial charge in [-0.3, -0.25) is 4.79 Å². The van der Waals surface area contributed by atoms with Crippen molar-refractivity contribution < 1.29 is 9.90 Å². The van der Waals surface area contributed by atoms with E-state index >= 15 is 0 Å². The summed E-state index contributed by atoms with van der Waals surface area (Å²) in [5.74, 6) is 0.149. The summed E-state index contributed by atoms with van der Waals surface area (Å²) in [4.78, 5) is 16.5. The molecule has 0 spiro atoms. The average molecular weight is 262 g/mol.